The average molecular weight is 408 g/mol. The lowest BCUT2D eigenvalue weighted by atomic mass is 10.2. The van der Waals surface area contributed by atoms with E-state index in [0.717, 1.165) is 18.6 Å². The number of hydrogen-bond donors (Lipinski definition) is 2. The number of nitrogens with zero attached hydrogens (tertiary/aromatic N) is 5. The summed E-state index contributed by atoms with van der Waals surface area (Å²) in [6.45, 7) is 1.62. The minimum Gasteiger partial charge on any atom is -0.426 e. The number of anilines is 3. The molecule has 0 aliphatic carbocycles. The predicted molar refractivity (Wildman–Crippen MR) is 99.2 cm³/mol. The van der Waals surface area contributed by atoms with Crippen molar-refractivity contribution in [2.75, 3.05) is 28.6 Å². The van der Waals surface area contributed by atoms with Crippen LogP contribution in [0.4, 0.5) is 26.2 Å². The highest BCUT2D eigenvalue weighted by Crippen LogP contribution is 2.30. The minimum absolute atomic E-state index is 0.0684. The summed E-state index contributed by atoms with van der Waals surface area (Å²) in [5.41, 5.74) is 0.0838. The van der Waals surface area contributed by atoms with Crippen LogP contribution in [-0.4, -0.2) is 33.3 Å². The molecule has 1 aliphatic heterocycles. The van der Waals surface area contributed by atoms with Gasteiger partial charge in [0, 0.05) is 25.2 Å². The van der Waals surface area contributed by atoms with Gasteiger partial charge in [-0.2, -0.15) is 0 Å². The molecular formula is C17H16ClF2N7O. The summed E-state index contributed by atoms with van der Waals surface area (Å²) >= 11 is 5.99. The first kappa shape index (κ1) is 18.4. The molecule has 4 rings (SSSR count). The van der Waals surface area contributed by atoms with Gasteiger partial charge in [0.05, 0.1) is 17.8 Å². The summed E-state index contributed by atoms with van der Waals surface area (Å²) in [5, 5.41) is 13.4. The van der Waals surface area contributed by atoms with Gasteiger partial charge in [-0.15, -0.1) is 10.2 Å². The molecule has 0 atom stereocenters. The zero-order valence-corrected chi connectivity index (χ0v) is 15.4. The summed E-state index contributed by atoms with van der Waals surface area (Å²) in [6, 6.07) is 2.08. The lowest BCUT2D eigenvalue weighted by Gasteiger charge is -2.24. The number of fused-ring (bicyclic) bond motifs is 1. The number of benzene rings is 1. The standard InChI is InChI=1S/C17H16ClF2N7O/c18-15-10(11(19)2-3-12(15)20)8-27-5-1-4-21-16-17(27)25-13(6-23-16)22-7-14-26-24-9-28-14/h2-3,6,9H,1,4-5,7-8H2,(H,21,23)(H,22,25). The first-order chi connectivity index (χ1) is 13.6. The Balaban J connectivity index is 1.61. The third-order valence-corrected chi connectivity index (χ3v) is 4.67. The van der Waals surface area contributed by atoms with E-state index >= 15 is 0 Å². The Hall–Kier alpha value is -3.01. The topological polar surface area (TPSA) is 92.0 Å². The van der Waals surface area contributed by atoms with Crippen LogP contribution in [0.5, 0.6) is 0 Å². The zero-order chi connectivity index (χ0) is 19.5. The fraction of sp³-hybridized carbons (Fsp3) is 0.294. The van der Waals surface area contributed by atoms with Gasteiger partial charge in [0.25, 0.3) is 0 Å². The molecule has 3 aromatic rings. The number of aromatic nitrogens is 4. The maximum atomic E-state index is 14.3. The highest BCUT2D eigenvalue weighted by Gasteiger charge is 2.22. The second-order valence-corrected chi connectivity index (χ2v) is 6.52. The number of rotatable bonds is 5. The highest BCUT2D eigenvalue weighted by atomic mass is 35.5. The zero-order valence-electron chi connectivity index (χ0n) is 14.6. The van der Waals surface area contributed by atoms with E-state index in [1.807, 2.05) is 4.90 Å². The van der Waals surface area contributed by atoms with E-state index in [0.29, 0.717) is 36.4 Å². The van der Waals surface area contributed by atoms with Crippen LogP contribution in [-0.2, 0) is 13.1 Å². The smallest absolute Gasteiger partial charge is 0.235 e. The monoisotopic (exact) mass is 407 g/mol. The lowest BCUT2D eigenvalue weighted by Crippen LogP contribution is -2.25. The second-order valence-electron chi connectivity index (χ2n) is 6.14. The molecule has 1 aliphatic rings. The molecule has 0 bridgehead atoms. The Morgan fingerprint density at radius 1 is 1.29 bits per heavy atom. The molecule has 28 heavy (non-hydrogen) atoms. The minimum atomic E-state index is -0.660. The van der Waals surface area contributed by atoms with Crippen molar-refractivity contribution in [3.05, 3.63) is 52.8 Å². The first-order valence-corrected chi connectivity index (χ1v) is 8.97. The molecule has 0 saturated carbocycles. The van der Waals surface area contributed by atoms with Crippen molar-refractivity contribution in [1.29, 1.82) is 0 Å². The maximum Gasteiger partial charge on any atom is 0.235 e. The Bertz CT molecular complexity index is 970. The van der Waals surface area contributed by atoms with Crippen LogP contribution in [0, 0.1) is 11.6 Å². The molecule has 8 nitrogen and oxygen atoms in total. The van der Waals surface area contributed by atoms with E-state index in [1.165, 1.54) is 6.39 Å². The van der Waals surface area contributed by atoms with E-state index in [9.17, 15) is 8.78 Å². The van der Waals surface area contributed by atoms with E-state index in [4.69, 9.17) is 16.0 Å². The number of hydrogen-bond acceptors (Lipinski definition) is 8. The normalized spacial score (nSPS) is 13.6. The van der Waals surface area contributed by atoms with Gasteiger partial charge in [-0.05, 0) is 18.6 Å². The quantitative estimate of drug-likeness (QED) is 0.623. The van der Waals surface area contributed by atoms with Crippen LogP contribution in [0.1, 0.15) is 17.9 Å². The number of nitrogens with one attached hydrogen (secondary N) is 2. The van der Waals surface area contributed by atoms with Crippen LogP contribution in [0.25, 0.3) is 0 Å². The third kappa shape index (κ3) is 3.81. The van der Waals surface area contributed by atoms with E-state index < -0.39 is 11.6 Å². The van der Waals surface area contributed by atoms with Crippen molar-refractivity contribution in [3.63, 3.8) is 0 Å². The first-order valence-electron chi connectivity index (χ1n) is 8.59. The SMILES string of the molecule is Fc1ccc(F)c(CN2CCCNc3ncc(NCc4nnco4)nc32)c1Cl. The van der Waals surface area contributed by atoms with Crippen molar-refractivity contribution >= 4 is 29.1 Å². The second kappa shape index (κ2) is 7.93. The summed E-state index contributed by atoms with van der Waals surface area (Å²) in [5.74, 6) is 0.745. The predicted octanol–water partition coefficient (Wildman–Crippen LogP) is 3.23. The van der Waals surface area contributed by atoms with Crippen LogP contribution in [0.2, 0.25) is 5.02 Å². The van der Waals surface area contributed by atoms with Crippen LogP contribution >= 0.6 is 11.6 Å². The third-order valence-electron chi connectivity index (χ3n) is 4.26. The molecule has 0 amide bonds. The Morgan fingerprint density at radius 2 is 2.14 bits per heavy atom. The molecule has 2 aromatic heterocycles. The van der Waals surface area contributed by atoms with Gasteiger partial charge in [0.2, 0.25) is 12.3 Å². The van der Waals surface area contributed by atoms with Crippen molar-refractivity contribution in [2.24, 2.45) is 0 Å². The lowest BCUT2D eigenvalue weighted by molar-refractivity contribution is 0.501. The summed E-state index contributed by atoms with van der Waals surface area (Å²) in [6.07, 6.45) is 3.58. The molecule has 146 valence electrons. The van der Waals surface area contributed by atoms with Gasteiger partial charge in [-0.3, -0.25) is 0 Å². The molecule has 1 aromatic carbocycles. The van der Waals surface area contributed by atoms with Gasteiger partial charge >= 0.3 is 0 Å². The van der Waals surface area contributed by atoms with E-state index in [-0.39, 0.29) is 23.7 Å². The molecule has 11 heteroatoms. The van der Waals surface area contributed by atoms with Gasteiger partial charge in [0.1, 0.15) is 17.5 Å². The van der Waals surface area contributed by atoms with Gasteiger partial charge in [0.15, 0.2) is 11.6 Å². The maximum absolute atomic E-state index is 14.3. The van der Waals surface area contributed by atoms with Gasteiger partial charge in [-0.25, -0.2) is 18.7 Å². The summed E-state index contributed by atoms with van der Waals surface area (Å²) < 4.78 is 33.1. The van der Waals surface area contributed by atoms with Gasteiger partial charge in [-0.1, -0.05) is 11.6 Å². The largest absolute Gasteiger partial charge is 0.426 e. The molecule has 0 unspecified atom stereocenters. The van der Waals surface area contributed by atoms with Crippen LogP contribution < -0.4 is 15.5 Å². The molecule has 0 saturated heterocycles. The molecule has 0 fully saturated rings. The fourth-order valence-corrected chi connectivity index (χ4v) is 3.10. The van der Waals surface area contributed by atoms with Gasteiger partial charge < -0.3 is 20.0 Å². The van der Waals surface area contributed by atoms with Crippen molar-refractivity contribution in [1.82, 2.24) is 20.2 Å². The Labute approximate surface area is 163 Å². The average Bonchev–Trinajstić information content (AvgIpc) is 3.14. The van der Waals surface area contributed by atoms with E-state index in [2.05, 4.69) is 30.8 Å². The van der Waals surface area contributed by atoms with Crippen molar-refractivity contribution in [2.45, 2.75) is 19.5 Å². The molecule has 0 radical (unpaired) electrons. The number of halogens is 3. The Morgan fingerprint density at radius 3 is 2.96 bits per heavy atom. The Kier molecular flexibility index (Phi) is 5.20. The highest BCUT2D eigenvalue weighted by molar-refractivity contribution is 6.31. The summed E-state index contributed by atoms with van der Waals surface area (Å²) in [7, 11) is 0. The van der Waals surface area contributed by atoms with Crippen molar-refractivity contribution in [3.8, 4) is 0 Å². The molecule has 0 spiro atoms. The molecule has 2 N–H and O–H groups in total. The fourth-order valence-electron chi connectivity index (χ4n) is 2.89. The molecule has 3 heterocycles. The van der Waals surface area contributed by atoms with E-state index in [1.54, 1.807) is 6.20 Å². The van der Waals surface area contributed by atoms with Crippen LogP contribution in [0.3, 0.4) is 0 Å². The summed E-state index contributed by atoms with van der Waals surface area (Å²) in [4.78, 5) is 10.8. The van der Waals surface area contributed by atoms with Crippen molar-refractivity contribution < 1.29 is 13.2 Å². The van der Waals surface area contributed by atoms with Crippen LogP contribution in [0.15, 0.2) is 29.1 Å². The molecular weight excluding hydrogens is 392 g/mol.